The maximum atomic E-state index is 13.5. The summed E-state index contributed by atoms with van der Waals surface area (Å²) in [5, 5.41) is 12.4. The van der Waals surface area contributed by atoms with Crippen LogP contribution in [-0.2, 0) is 22.6 Å². The first-order chi connectivity index (χ1) is 16.5. The normalized spacial score (nSPS) is 16.8. The number of nitriles is 1. The van der Waals surface area contributed by atoms with Crippen molar-refractivity contribution in [1.29, 1.82) is 5.26 Å². The van der Waals surface area contributed by atoms with Gasteiger partial charge in [0.05, 0.1) is 5.25 Å². The Kier molecular flexibility index (Phi) is 7.09. The molecule has 1 aliphatic rings. The highest BCUT2D eigenvalue weighted by Gasteiger charge is 2.40. The largest absolute Gasteiger partial charge is 0.347 e. The standard InChI is InChI=1S/C27H22FN3O2S/c1-18-6-5-9-20(14-18)15-24-26(33)31(22-12-10-21(28)11-13-22)27(34-24)23(16-29)25(32)30-17-19-7-3-2-4-8-19/h2-14,24H,15,17H2,1H3,(H,30,32)/b27-23-. The molecule has 0 aliphatic carbocycles. The van der Waals surface area contributed by atoms with Crippen molar-refractivity contribution >= 4 is 29.3 Å². The topological polar surface area (TPSA) is 73.2 Å². The van der Waals surface area contributed by atoms with Crippen LogP contribution in [0, 0.1) is 24.1 Å². The molecular weight excluding hydrogens is 449 g/mol. The number of anilines is 1. The van der Waals surface area contributed by atoms with Crippen molar-refractivity contribution in [1.82, 2.24) is 5.32 Å². The Labute approximate surface area is 201 Å². The van der Waals surface area contributed by atoms with E-state index in [2.05, 4.69) is 5.32 Å². The fourth-order valence-electron chi connectivity index (χ4n) is 3.73. The molecule has 34 heavy (non-hydrogen) atoms. The van der Waals surface area contributed by atoms with Crippen LogP contribution in [0.1, 0.15) is 16.7 Å². The molecule has 0 radical (unpaired) electrons. The van der Waals surface area contributed by atoms with Gasteiger partial charge < -0.3 is 5.32 Å². The van der Waals surface area contributed by atoms with Crippen LogP contribution < -0.4 is 10.2 Å². The Morgan fingerprint density at radius 3 is 2.44 bits per heavy atom. The zero-order valence-corrected chi connectivity index (χ0v) is 19.3. The quantitative estimate of drug-likeness (QED) is 0.411. The average Bonchev–Trinajstić information content (AvgIpc) is 3.15. The molecule has 4 rings (SSSR count). The number of nitrogens with one attached hydrogen (secondary N) is 1. The molecule has 1 atom stereocenters. The van der Waals surface area contributed by atoms with E-state index in [0.717, 1.165) is 16.7 Å². The maximum Gasteiger partial charge on any atom is 0.264 e. The van der Waals surface area contributed by atoms with Crippen molar-refractivity contribution in [3.05, 3.63) is 112 Å². The first-order valence-corrected chi connectivity index (χ1v) is 11.6. The number of amides is 2. The molecule has 0 bridgehead atoms. The maximum absolute atomic E-state index is 13.5. The summed E-state index contributed by atoms with van der Waals surface area (Å²) in [6.07, 6.45) is 0.441. The second-order valence-electron chi connectivity index (χ2n) is 7.91. The first-order valence-electron chi connectivity index (χ1n) is 10.7. The van der Waals surface area contributed by atoms with Crippen LogP contribution in [0.25, 0.3) is 0 Å². The van der Waals surface area contributed by atoms with E-state index in [0.29, 0.717) is 12.1 Å². The highest BCUT2D eigenvalue weighted by atomic mass is 32.2. The van der Waals surface area contributed by atoms with Gasteiger partial charge in [0.2, 0.25) is 5.91 Å². The van der Waals surface area contributed by atoms with Gasteiger partial charge in [-0.05, 0) is 48.7 Å². The minimum absolute atomic E-state index is 0.148. The smallest absolute Gasteiger partial charge is 0.264 e. The van der Waals surface area contributed by atoms with E-state index in [4.69, 9.17) is 0 Å². The molecule has 1 aliphatic heterocycles. The van der Waals surface area contributed by atoms with Gasteiger partial charge in [0.25, 0.3) is 5.91 Å². The summed E-state index contributed by atoms with van der Waals surface area (Å²) in [4.78, 5) is 27.8. The molecular formula is C27H22FN3O2S. The van der Waals surface area contributed by atoms with Crippen molar-refractivity contribution in [2.45, 2.75) is 25.1 Å². The van der Waals surface area contributed by atoms with Crippen LogP contribution in [0.2, 0.25) is 0 Å². The van der Waals surface area contributed by atoms with Gasteiger partial charge in [-0.2, -0.15) is 5.26 Å². The number of halogens is 1. The third-order valence-corrected chi connectivity index (χ3v) is 6.65. The minimum atomic E-state index is -0.565. The van der Waals surface area contributed by atoms with Gasteiger partial charge in [-0.3, -0.25) is 14.5 Å². The molecule has 0 aromatic heterocycles. The molecule has 3 aromatic rings. The van der Waals surface area contributed by atoms with Crippen molar-refractivity contribution in [2.24, 2.45) is 0 Å². The number of nitrogens with zero attached hydrogens (tertiary/aromatic N) is 2. The molecule has 0 saturated carbocycles. The Balaban J connectivity index is 1.67. The van der Waals surface area contributed by atoms with E-state index in [1.807, 2.05) is 67.6 Å². The van der Waals surface area contributed by atoms with Crippen LogP contribution in [0.15, 0.2) is 89.5 Å². The summed E-state index contributed by atoms with van der Waals surface area (Å²) in [6.45, 7) is 2.23. The molecule has 0 spiro atoms. The zero-order chi connectivity index (χ0) is 24.1. The molecule has 1 unspecified atom stereocenters. The number of hydrogen-bond donors (Lipinski definition) is 1. The number of aryl methyl sites for hydroxylation is 1. The third kappa shape index (κ3) is 5.19. The minimum Gasteiger partial charge on any atom is -0.347 e. The molecule has 1 fully saturated rings. The fraction of sp³-hybridized carbons (Fsp3) is 0.148. The van der Waals surface area contributed by atoms with Gasteiger partial charge in [0.15, 0.2) is 0 Å². The van der Waals surface area contributed by atoms with E-state index >= 15 is 0 Å². The number of hydrogen-bond acceptors (Lipinski definition) is 4. The Hall–Kier alpha value is -3.89. The monoisotopic (exact) mass is 471 g/mol. The third-order valence-electron chi connectivity index (χ3n) is 5.39. The van der Waals surface area contributed by atoms with E-state index in [1.165, 1.54) is 40.9 Å². The fourth-order valence-corrected chi connectivity index (χ4v) is 5.04. The summed E-state index contributed by atoms with van der Waals surface area (Å²) in [6, 6.07) is 24.6. The lowest BCUT2D eigenvalue weighted by Gasteiger charge is -2.18. The number of carbonyl (C=O) groups excluding carboxylic acids is 2. The van der Waals surface area contributed by atoms with Gasteiger partial charge in [-0.1, -0.05) is 71.9 Å². The number of benzene rings is 3. The second-order valence-corrected chi connectivity index (χ2v) is 9.10. The Bertz CT molecular complexity index is 1280. The highest BCUT2D eigenvalue weighted by Crippen LogP contribution is 2.42. The van der Waals surface area contributed by atoms with Crippen molar-refractivity contribution in [3.63, 3.8) is 0 Å². The predicted octanol–water partition coefficient (Wildman–Crippen LogP) is 4.88. The Morgan fingerprint density at radius 2 is 1.76 bits per heavy atom. The lowest BCUT2D eigenvalue weighted by atomic mass is 10.1. The number of thioether (sulfide) groups is 1. The average molecular weight is 472 g/mol. The van der Waals surface area contributed by atoms with Crippen LogP contribution in [-0.4, -0.2) is 17.1 Å². The molecule has 3 aromatic carbocycles. The summed E-state index contributed by atoms with van der Waals surface area (Å²) in [7, 11) is 0. The number of carbonyl (C=O) groups is 2. The van der Waals surface area contributed by atoms with E-state index in [9.17, 15) is 19.2 Å². The van der Waals surface area contributed by atoms with Crippen molar-refractivity contribution in [2.75, 3.05) is 4.90 Å². The summed E-state index contributed by atoms with van der Waals surface area (Å²) >= 11 is 1.19. The molecule has 5 nitrogen and oxygen atoms in total. The van der Waals surface area contributed by atoms with Gasteiger partial charge in [-0.25, -0.2) is 4.39 Å². The molecule has 1 N–H and O–H groups in total. The predicted molar refractivity (Wildman–Crippen MR) is 131 cm³/mol. The summed E-state index contributed by atoms with van der Waals surface area (Å²) in [5.74, 6) is -1.26. The van der Waals surface area contributed by atoms with E-state index in [1.54, 1.807) is 0 Å². The van der Waals surface area contributed by atoms with Gasteiger partial charge in [0.1, 0.15) is 22.5 Å². The molecule has 2 amide bonds. The SMILES string of the molecule is Cc1cccc(CC2S/C(=C(/C#N)C(=O)NCc3ccccc3)N(c3ccc(F)cc3)C2=O)c1. The van der Waals surface area contributed by atoms with Gasteiger partial charge >= 0.3 is 0 Å². The molecule has 7 heteroatoms. The second kappa shape index (κ2) is 10.4. The molecule has 1 heterocycles. The lowest BCUT2D eigenvalue weighted by Crippen LogP contribution is -2.32. The zero-order valence-electron chi connectivity index (χ0n) is 18.5. The summed E-state index contributed by atoms with van der Waals surface area (Å²) < 4.78 is 13.5. The van der Waals surface area contributed by atoms with E-state index < -0.39 is 17.0 Å². The van der Waals surface area contributed by atoms with Crippen LogP contribution in [0.4, 0.5) is 10.1 Å². The van der Waals surface area contributed by atoms with Gasteiger partial charge in [-0.15, -0.1) is 0 Å². The summed E-state index contributed by atoms with van der Waals surface area (Å²) in [5.41, 5.74) is 3.21. The molecule has 1 saturated heterocycles. The molecule has 170 valence electrons. The van der Waals surface area contributed by atoms with Crippen LogP contribution in [0.3, 0.4) is 0 Å². The highest BCUT2D eigenvalue weighted by molar-refractivity contribution is 8.05. The van der Waals surface area contributed by atoms with Crippen molar-refractivity contribution < 1.29 is 14.0 Å². The van der Waals surface area contributed by atoms with Crippen LogP contribution in [0.5, 0.6) is 0 Å². The van der Waals surface area contributed by atoms with E-state index in [-0.39, 0.29) is 23.1 Å². The lowest BCUT2D eigenvalue weighted by molar-refractivity contribution is -0.117. The van der Waals surface area contributed by atoms with Gasteiger partial charge in [0, 0.05) is 12.2 Å². The Morgan fingerprint density at radius 1 is 1.06 bits per heavy atom. The van der Waals surface area contributed by atoms with Crippen molar-refractivity contribution in [3.8, 4) is 6.07 Å². The van der Waals surface area contributed by atoms with Crippen LogP contribution >= 0.6 is 11.8 Å². The first kappa shape index (κ1) is 23.3. The number of rotatable bonds is 6.